The summed E-state index contributed by atoms with van der Waals surface area (Å²) in [5.74, 6) is -0.429. The maximum absolute atomic E-state index is 13.5. The molecule has 2 N–H and O–H groups in total. The van der Waals surface area contributed by atoms with E-state index in [1.54, 1.807) is 6.07 Å². The summed E-state index contributed by atoms with van der Waals surface area (Å²) in [6, 6.07) is 6.00. The monoisotopic (exact) mass is 299 g/mol. The molecular weight excluding hydrogens is 281 g/mol. The van der Waals surface area contributed by atoms with Crippen molar-refractivity contribution in [3.05, 3.63) is 30.1 Å². The van der Waals surface area contributed by atoms with Crippen molar-refractivity contribution in [2.45, 2.75) is 31.3 Å². The number of hydrogen-bond donors (Lipinski definition) is 2. The molecule has 2 saturated heterocycles. The van der Waals surface area contributed by atoms with Gasteiger partial charge in [-0.05, 0) is 44.5 Å². The maximum atomic E-state index is 13.5. The largest absolute Gasteiger partial charge is 0.314 e. The van der Waals surface area contributed by atoms with Crippen LogP contribution in [0.15, 0.2) is 24.3 Å². The predicted octanol–water partition coefficient (Wildman–Crippen LogP) is 0.991. The molecule has 2 unspecified atom stereocenters. The van der Waals surface area contributed by atoms with E-state index in [4.69, 9.17) is 0 Å². The molecular formula is C13H18FN3O2S. The lowest BCUT2D eigenvalue weighted by atomic mass is 9.84. The third-order valence-electron chi connectivity index (χ3n) is 4.07. The molecule has 0 aromatic heterocycles. The maximum Gasteiger partial charge on any atom is 0.302 e. The fraction of sp³-hybridized carbons (Fsp3) is 0.538. The zero-order chi connectivity index (χ0) is 14.4. The Morgan fingerprint density at radius 2 is 2.25 bits per heavy atom. The highest BCUT2D eigenvalue weighted by atomic mass is 32.2. The highest BCUT2D eigenvalue weighted by Crippen LogP contribution is 2.38. The van der Waals surface area contributed by atoms with Gasteiger partial charge < -0.3 is 5.32 Å². The van der Waals surface area contributed by atoms with Gasteiger partial charge in [0.1, 0.15) is 5.82 Å². The summed E-state index contributed by atoms with van der Waals surface area (Å²) in [6.45, 7) is 3.16. The molecule has 110 valence electrons. The van der Waals surface area contributed by atoms with Crippen LogP contribution in [0.5, 0.6) is 0 Å². The average Bonchev–Trinajstić information content (AvgIpc) is 2.60. The van der Waals surface area contributed by atoms with Crippen LogP contribution in [0, 0.1) is 5.82 Å². The molecule has 0 aliphatic carbocycles. The van der Waals surface area contributed by atoms with Crippen molar-refractivity contribution in [1.29, 1.82) is 0 Å². The van der Waals surface area contributed by atoms with E-state index in [0.29, 0.717) is 25.1 Å². The van der Waals surface area contributed by atoms with Gasteiger partial charge in [0.2, 0.25) is 0 Å². The second kappa shape index (κ2) is 4.68. The van der Waals surface area contributed by atoms with Gasteiger partial charge in [-0.15, -0.1) is 0 Å². The standard InChI is InChI=1S/C13H18FN3O2S/c1-10-8-13(5-6-15-10)9-16-20(18,19)17(13)12-4-2-3-11(14)7-12/h2-4,7,10,15-16H,5-6,8-9H2,1H3. The third kappa shape index (κ3) is 2.19. The van der Waals surface area contributed by atoms with Gasteiger partial charge in [-0.2, -0.15) is 13.1 Å². The molecule has 20 heavy (non-hydrogen) atoms. The zero-order valence-electron chi connectivity index (χ0n) is 11.3. The first kappa shape index (κ1) is 13.8. The average molecular weight is 299 g/mol. The Kier molecular flexibility index (Phi) is 3.23. The van der Waals surface area contributed by atoms with Crippen LogP contribution in [0.25, 0.3) is 0 Å². The van der Waals surface area contributed by atoms with E-state index in [0.717, 1.165) is 6.54 Å². The number of benzene rings is 1. The van der Waals surface area contributed by atoms with Crippen LogP contribution < -0.4 is 14.3 Å². The molecule has 2 aliphatic rings. The topological polar surface area (TPSA) is 61.4 Å². The smallest absolute Gasteiger partial charge is 0.302 e. The van der Waals surface area contributed by atoms with Crippen molar-refractivity contribution in [2.75, 3.05) is 17.4 Å². The molecule has 1 aromatic rings. The quantitative estimate of drug-likeness (QED) is 0.813. The van der Waals surface area contributed by atoms with Gasteiger partial charge >= 0.3 is 10.2 Å². The van der Waals surface area contributed by atoms with Gasteiger partial charge in [0.15, 0.2) is 0 Å². The molecule has 5 nitrogen and oxygen atoms in total. The summed E-state index contributed by atoms with van der Waals surface area (Å²) >= 11 is 0. The van der Waals surface area contributed by atoms with Crippen molar-refractivity contribution in [2.24, 2.45) is 0 Å². The molecule has 7 heteroatoms. The Labute approximate surface area is 118 Å². The number of hydrogen-bond acceptors (Lipinski definition) is 3. The first-order valence-electron chi connectivity index (χ1n) is 6.72. The van der Waals surface area contributed by atoms with E-state index in [1.165, 1.54) is 22.5 Å². The lowest BCUT2D eigenvalue weighted by Gasteiger charge is -2.42. The van der Waals surface area contributed by atoms with E-state index >= 15 is 0 Å². The van der Waals surface area contributed by atoms with Crippen molar-refractivity contribution in [3.8, 4) is 0 Å². The van der Waals surface area contributed by atoms with Crippen molar-refractivity contribution in [3.63, 3.8) is 0 Å². The highest BCUT2D eigenvalue weighted by molar-refractivity contribution is 7.91. The van der Waals surface area contributed by atoms with E-state index in [-0.39, 0.29) is 6.04 Å². The van der Waals surface area contributed by atoms with Crippen LogP contribution in [0.2, 0.25) is 0 Å². The fourth-order valence-corrected chi connectivity index (χ4v) is 4.98. The normalized spacial score (nSPS) is 32.7. The molecule has 2 atom stereocenters. The van der Waals surface area contributed by atoms with Gasteiger partial charge in [-0.3, -0.25) is 4.31 Å². The minimum atomic E-state index is -3.60. The molecule has 1 aromatic carbocycles. The molecule has 0 amide bonds. The Hall–Kier alpha value is -1.18. The number of halogens is 1. The zero-order valence-corrected chi connectivity index (χ0v) is 12.1. The lowest BCUT2D eigenvalue weighted by Crippen LogP contribution is -2.56. The fourth-order valence-electron chi connectivity index (χ4n) is 3.27. The van der Waals surface area contributed by atoms with E-state index in [9.17, 15) is 12.8 Å². The minimum Gasteiger partial charge on any atom is -0.314 e. The van der Waals surface area contributed by atoms with Crippen LogP contribution in [0.3, 0.4) is 0 Å². The molecule has 0 saturated carbocycles. The summed E-state index contributed by atoms with van der Waals surface area (Å²) in [4.78, 5) is 0. The molecule has 0 bridgehead atoms. The molecule has 0 radical (unpaired) electrons. The van der Waals surface area contributed by atoms with Gasteiger partial charge in [0, 0.05) is 12.6 Å². The van der Waals surface area contributed by atoms with Crippen LogP contribution >= 0.6 is 0 Å². The summed E-state index contributed by atoms with van der Waals surface area (Å²) < 4.78 is 42.1. The number of rotatable bonds is 1. The summed E-state index contributed by atoms with van der Waals surface area (Å²) in [7, 11) is -3.60. The Morgan fingerprint density at radius 1 is 1.45 bits per heavy atom. The van der Waals surface area contributed by atoms with Crippen molar-refractivity contribution in [1.82, 2.24) is 10.0 Å². The van der Waals surface area contributed by atoms with Crippen molar-refractivity contribution < 1.29 is 12.8 Å². The van der Waals surface area contributed by atoms with Crippen LogP contribution in [-0.2, 0) is 10.2 Å². The Bertz CT molecular complexity index is 622. The Balaban J connectivity index is 2.07. The van der Waals surface area contributed by atoms with Gasteiger partial charge in [0.05, 0.1) is 11.2 Å². The highest BCUT2D eigenvalue weighted by Gasteiger charge is 2.51. The lowest BCUT2D eigenvalue weighted by molar-refractivity contribution is 0.282. The SMILES string of the molecule is CC1CC2(CCN1)CNS(=O)(=O)N2c1cccc(F)c1. The predicted molar refractivity (Wildman–Crippen MR) is 75.2 cm³/mol. The summed E-state index contributed by atoms with van der Waals surface area (Å²) in [6.07, 6.45) is 1.41. The van der Waals surface area contributed by atoms with Crippen LogP contribution in [0.4, 0.5) is 10.1 Å². The molecule has 2 aliphatic heterocycles. The minimum absolute atomic E-state index is 0.231. The molecule has 3 rings (SSSR count). The van der Waals surface area contributed by atoms with Gasteiger partial charge in [-0.1, -0.05) is 6.07 Å². The number of nitrogens with one attached hydrogen (secondary N) is 2. The second-order valence-corrected chi connectivity index (χ2v) is 7.21. The summed E-state index contributed by atoms with van der Waals surface area (Å²) in [5.41, 5.74) is -0.110. The van der Waals surface area contributed by atoms with E-state index in [2.05, 4.69) is 10.0 Å². The summed E-state index contributed by atoms with van der Waals surface area (Å²) in [5, 5.41) is 3.32. The Morgan fingerprint density at radius 3 is 2.95 bits per heavy atom. The number of piperidine rings is 1. The van der Waals surface area contributed by atoms with Gasteiger partial charge in [-0.25, -0.2) is 4.39 Å². The van der Waals surface area contributed by atoms with Crippen LogP contribution in [0.1, 0.15) is 19.8 Å². The van der Waals surface area contributed by atoms with Crippen molar-refractivity contribution >= 4 is 15.9 Å². The first-order chi connectivity index (χ1) is 9.43. The number of anilines is 1. The first-order valence-corrected chi connectivity index (χ1v) is 8.16. The molecule has 2 fully saturated rings. The second-order valence-electron chi connectivity index (χ2n) is 5.60. The van der Waals surface area contributed by atoms with Gasteiger partial charge in [0.25, 0.3) is 0 Å². The third-order valence-corrected chi connectivity index (χ3v) is 5.65. The number of nitrogens with zero attached hydrogens (tertiary/aromatic N) is 1. The molecule has 1 spiro atoms. The van der Waals surface area contributed by atoms with E-state index < -0.39 is 21.6 Å². The van der Waals surface area contributed by atoms with E-state index in [1.807, 2.05) is 6.92 Å². The van der Waals surface area contributed by atoms with Crippen LogP contribution in [-0.4, -0.2) is 33.1 Å². The molecule has 2 heterocycles.